The number of nitrogens with two attached hydrogens (primary N) is 1. The lowest BCUT2D eigenvalue weighted by molar-refractivity contribution is -0.113. The SMILES string of the molecule is C#CC(=O)N1CCCc2cc(N)ccc21. The molecule has 3 heteroatoms. The molecule has 15 heavy (non-hydrogen) atoms. The molecule has 76 valence electrons. The Labute approximate surface area is 88.9 Å². The number of carbonyl (C=O) groups excluding carboxylic acids is 1. The van der Waals surface area contributed by atoms with Crippen molar-refractivity contribution < 1.29 is 4.79 Å². The van der Waals surface area contributed by atoms with E-state index >= 15 is 0 Å². The van der Waals surface area contributed by atoms with E-state index in [1.54, 1.807) is 11.0 Å². The van der Waals surface area contributed by atoms with E-state index in [9.17, 15) is 4.79 Å². The van der Waals surface area contributed by atoms with E-state index < -0.39 is 0 Å². The third kappa shape index (κ3) is 1.66. The molecule has 0 saturated heterocycles. The summed E-state index contributed by atoms with van der Waals surface area (Å²) in [5.74, 6) is 1.87. The van der Waals surface area contributed by atoms with Gasteiger partial charge in [-0.3, -0.25) is 4.79 Å². The molecule has 1 aromatic carbocycles. The van der Waals surface area contributed by atoms with Crippen LogP contribution in [0, 0.1) is 12.3 Å². The maximum absolute atomic E-state index is 11.5. The van der Waals surface area contributed by atoms with Crippen molar-refractivity contribution >= 4 is 17.3 Å². The quantitative estimate of drug-likeness (QED) is 0.505. The lowest BCUT2D eigenvalue weighted by Crippen LogP contribution is -2.34. The number of fused-ring (bicyclic) bond motifs is 1. The monoisotopic (exact) mass is 200 g/mol. The van der Waals surface area contributed by atoms with Crippen molar-refractivity contribution in [2.45, 2.75) is 12.8 Å². The molecule has 1 aliphatic rings. The fraction of sp³-hybridized carbons (Fsp3) is 0.250. The highest BCUT2D eigenvalue weighted by Gasteiger charge is 2.20. The van der Waals surface area contributed by atoms with Gasteiger partial charge in [-0.05, 0) is 42.5 Å². The predicted octanol–water partition coefficient (Wildman–Crippen LogP) is 1.18. The number of aryl methyl sites for hydroxylation is 1. The molecule has 0 spiro atoms. The van der Waals surface area contributed by atoms with Gasteiger partial charge in [0.1, 0.15) is 0 Å². The van der Waals surface area contributed by atoms with Crippen LogP contribution >= 0.6 is 0 Å². The molecule has 1 aromatic rings. The van der Waals surface area contributed by atoms with Crippen molar-refractivity contribution in [3.8, 4) is 12.3 Å². The smallest absolute Gasteiger partial charge is 0.302 e. The molecule has 0 aromatic heterocycles. The lowest BCUT2D eigenvalue weighted by atomic mass is 10.0. The van der Waals surface area contributed by atoms with E-state index in [-0.39, 0.29) is 5.91 Å². The first-order chi connectivity index (χ1) is 7.22. The normalized spacial score (nSPS) is 14.2. The molecule has 0 unspecified atom stereocenters. The highest BCUT2D eigenvalue weighted by Crippen LogP contribution is 2.28. The molecule has 2 rings (SSSR count). The summed E-state index contributed by atoms with van der Waals surface area (Å²) < 4.78 is 0. The van der Waals surface area contributed by atoms with Crippen LogP contribution in [-0.4, -0.2) is 12.5 Å². The minimum atomic E-state index is -0.277. The predicted molar refractivity (Wildman–Crippen MR) is 60.4 cm³/mol. The Morgan fingerprint density at radius 3 is 3.07 bits per heavy atom. The number of nitrogen functional groups attached to an aromatic ring is 1. The van der Waals surface area contributed by atoms with Crippen LogP contribution in [0.15, 0.2) is 18.2 Å². The number of hydrogen-bond acceptors (Lipinski definition) is 2. The number of carbonyl (C=O) groups is 1. The maximum Gasteiger partial charge on any atom is 0.302 e. The van der Waals surface area contributed by atoms with Crippen LogP contribution in [0.1, 0.15) is 12.0 Å². The van der Waals surface area contributed by atoms with E-state index in [1.807, 2.05) is 12.1 Å². The molecule has 0 saturated carbocycles. The Balaban J connectivity index is 2.44. The van der Waals surface area contributed by atoms with Gasteiger partial charge < -0.3 is 10.6 Å². The van der Waals surface area contributed by atoms with E-state index in [0.29, 0.717) is 6.54 Å². The number of benzene rings is 1. The van der Waals surface area contributed by atoms with Crippen molar-refractivity contribution in [3.05, 3.63) is 23.8 Å². The molecule has 3 nitrogen and oxygen atoms in total. The average Bonchev–Trinajstić information content (AvgIpc) is 2.26. The van der Waals surface area contributed by atoms with E-state index in [0.717, 1.165) is 29.8 Å². The second-order valence-corrected chi connectivity index (χ2v) is 3.59. The minimum Gasteiger partial charge on any atom is -0.399 e. The van der Waals surface area contributed by atoms with Crippen molar-refractivity contribution in [1.29, 1.82) is 0 Å². The van der Waals surface area contributed by atoms with E-state index in [4.69, 9.17) is 12.2 Å². The van der Waals surface area contributed by atoms with Crippen molar-refractivity contribution in [1.82, 2.24) is 0 Å². The number of anilines is 2. The summed E-state index contributed by atoms with van der Waals surface area (Å²) >= 11 is 0. The molecule has 1 heterocycles. The standard InChI is InChI=1S/C12H12N2O/c1-2-12(15)14-7-3-4-9-8-10(13)5-6-11(9)14/h1,5-6,8H,3-4,7,13H2. The number of rotatable bonds is 0. The molecule has 2 N–H and O–H groups in total. The first kappa shape index (κ1) is 9.60. The molecule has 0 fully saturated rings. The summed E-state index contributed by atoms with van der Waals surface area (Å²) in [6.45, 7) is 0.694. The summed E-state index contributed by atoms with van der Waals surface area (Å²) in [5, 5.41) is 0. The summed E-state index contributed by atoms with van der Waals surface area (Å²) in [5.41, 5.74) is 8.42. The maximum atomic E-state index is 11.5. The number of terminal acetylenes is 1. The van der Waals surface area contributed by atoms with Gasteiger partial charge in [-0.25, -0.2) is 0 Å². The Morgan fingerprint density at radius 1 is 1.53 bits per heavy atom. The van der Waals surface area contributed by atoms with Gasteiger partial charge in [-0.2, -0.15) is 0 Å². The van der Waals surface area contributed by atoms with Gasteiger partial charge in [0.25, 0.3) is 0 Å². The molecule has 1 amide bonds. The van der Waals surface area contributed by atoms with Gasteiger partial charge in [-0.15, -0.1) is 6.42 Å². The molecule has 0 aliphatic carbocycles. The van der Waals surface area contributed by atoms with Crippen LogP contribution in [0.5, 0.6) is 0 Å². The van der Waals surface area contributed by atoms with E-state index in [2.05, 4.69) is 5.92 Å². The van der Waals surface area contributed by atoms with E-state index in [1.165, 1.54) is 0 Å². The Hall–Kier alpha value is -1.95. The lowest BCUT2D eigenvalue weighted by Gasteiger charge is -2.27. The second kappa shape index (κ2) is 3.66. The van der Waals surface area contributed by atoms with Crippen LogP contribution in [0.2, 0.25) is 0 Å². The number of hydrogen-bond donors (Lipinski definition) is 1. The van der Waals surface area contributed by atoms with Crippen LogP contribution in [0.25, 0.3) is 0 Å². The topological polar surface area (TPSA) is 46.3 Å². The average molecular weight is 200 g/mol. The fourth-order valence-corrected chi connectivity index (χ4v) is 1.91. The van der Waals surface area contributed by atoms with Crippen molar-refractivity contribution in [2.24, 2.45) is 0 Å². The van der Waals surface area contributed by atoms with Gasteiger partial charge in [0, 0.05) is 17.9 Å². The third-order valence-electron chi connectivity index (χ3n) is 2.59. The second-order valence-electron chi connectivity index (χ2n) is 3.59. The van der Waals surface area contributed by atoms with Crippen LogP contribution in [0.3, 0.4) is 0 Å². The summed E-state index contributed by atoms with van der Waals surface area (Å²) in [6, 6.07) is 5.56. The van der Waals surface area contributed by atoms with Crippen LogP contribution in [0.4, 0.5) is 11.4 Å². The molecular weight excluding hydrogens is 188 g/mol. The van der Waals surface area contributed by atoms with Crippen LogP contribution in [-0.2, 0) is 11.2 Å². The van der Waals surface area contributed by atoms with Gasteiger partial charge in [0.05, 0.1) is 0 Å². The van der Waals surface area contributed by atoms with Crippen LogP contribution < -0.4 is 10.6 Å². The third-order valence-corrected chi connectivity index (χ3v) is 2.59. The Morgan fingerprint density at radius 2 is 2.33 bits per heavy atom. The summed E-state index contributed by atoms with van der Waals surface area (Å²) in [6.07, 6.45) is 7.01. The molecule has 1 aliphatic heterocycles. The van der Waals surface area contributed by atoms with Crippen molar-refractivity contribution in [3.63, 3.8) is 0 Å². The van der Waals surface area contributed by atoms with Gasteiger partial charge in [0.2, 0.25) is 0 Å². The highest BCUT2D eigenvalue weighted by molar-refractivity contribution is 6.06. The number of amides is 1. The van der Waals surface area contributed by atoms with Crippen molar-refractivity contribution in [2.75, 3.05) is 17.2 Å². The van der Waals surface area contributed by atoms with Gasteiger partial charge in [-0.1, -0.05) is 0 Å². The Bertz CT molecular complexity index is 445. The number of nitrogens with zero attached hydrogens (tertiary/aromatic N) is 1. The molecule has 0 bridgehead atoms. The summed E-state index contributed by atoms with van der Waals surface area (Å²) in [4.78, 5) is 13.1. The largest absolute Gasteiger partial charge is 0.399 e. The summed E-state index contributed by atoms with van der Waals surface area (Å²) in [7, 11) is 0. The zero-order valence-corrected chi connectivity index (χ0v) is 8.36. The fourth-order valence-electron chi connectivity index (χ4n) is 1.91. The van der Waals surface area contributed by atoms with Gasteiger partial charge >= 0.3 is 5.91 Å². The highest BCUT2D eigenvalue weighted by atomic mass is 16.2. The first-order valence-corrected chi connectivity index (χ1v) is 4.89. The molecular formula is C12H12N2O. The molecule has 0 atom stereocenters. The Kier molecular flexibility index (Phi) is 2.34. The minimum absolute atomic E-state index is 0.277. The zero-order valence-electron chi connectivity index (χ0n) is 8.36. The zero-order chi connectivity index (χ0) is 10.8. The van der Waals surface area contributed by atoms with Gasteiger partial charge in [0.15, 0.2) is 0 Å². The molecule has 0 radical (unpaired) electrons. The first-order valence-electron chi connectivity index (χ1n) is 4.89.